The highest BCUT2D eigenvalue weighted by Crippen LogP contribution is 2.31. The molecule has 0 amide bonds. The standard InChI is InChI=1S/C14H16BrF2N3/c1-3-8-20-11(6-7-19-20)14(18-2)9-4-5-10(16)13(17)12(9)15/h4-7,14,18H,3,8H2,1-2H3. The number of nitrogens with zero attached hydrogens (tertiary/aromatic N) is 2. The molecule has 2 rings (SSSR count). The van der Waals surface area contributed by atoms with Gasteiger partial charge in [0.25, 0.3) is 0 Å². The normalized spacial score (nSPS) is 12.7. The van der Waals surface area contributed by atoms with E-state index in [1.807, 2.05) is 10.7 Å². The maximum absolute atomic E-state index is 13.7. The fraction of sp³-hybridized carbons (Fsp3) is 0.357. The summed E-state index contributed by atoms with van der Waals surface area (Å²) in [6.45, 7) is 2.84. The first kappa shape index (κ1) is 15.1. The molecule has 1 N–H and O–H groups in total. The first-order chi connectivity index (χ1) is 9.60. The number of nitrogens with one attached hydrogen (secondary N) is 1. The molecule has 3 nitrogen and oxygen atoms in total. The molecule has 20 heavy (non-hydrogen) atoms. The van der Waals surface area contributed by atoms with E-state index >= 15 is 0 Å². The molecule has 0 radical (unpaired) electrons. The molecule has 1 atom stereocenters. The zero-order valence-corrected chi connectivity index (χ0v) is 12.9. The molecule has 1 aromatic carbocycles. The van der Waals surface area contributed by atoms with Gasteiger partial charge >= 0.3 is 0 Å². The summed E-state index contributed by atoms with van der Waals surface area (Å²) in [4.78, 5) is 0. The predicted octanol–water partition coefficient (Wildman–Crippen LogP) is 3.64. The molecular weight excluding hydrogens is 328 g/mol. The Morgan fingerprint density at radius 2 is 2.10 bits per heavy atom. The summed E-state index contributed by atoms with van der Waals surface area (Å²) in [5.41, 5.74) is 1.56. The van der Waals surface area contributed by atoms with Crippen LogP contribution < -0.4 is 5.32 Å². The van der Waals surface area contributed by atoms with Crippen molar-refractivity contribution in [3.05, 3.63) is 51.8 Å². The molecule has 1 aromatic heterocycles. The monoisotopic (exact) mass is 343 g/mol. The lowest BCUT2D eigenvalue weighted by molar-refractivity contribution is 0.495. The minimum atomic E-state index is -0.871. The number of benzene rings is 1. The Hall–Kier alpha value is -1.27. The third kappa shape index (κ3) is 2.76. The topological polar surface area (TPSA) is 29.9 Å². The summed E-state index contributed by atoms with van der Waals surface area (Å²) >= 11 is 3.14. The van der Waals surface area contributed by atoms with Crippen LogP contribution in [0.2, 0.25) is 0 Å². The Morgan fingerprint density at radius 1 is 1.35 bits per heavy atom. The van der Waals surface area contributed by atoms with E-state index in [2.05, 4.69) is 33.3 Å². The van der Waals surface area contributed by atoms with Gasteiger partial charge in [0.2, 0.25) is 0 Å². The third-order valence-corrected chi connectivity index (χ3v) is 3.95. The molecule has 0 spiro atoms. The molecule has 1 heterocycles. The Morgan fingerprint density at radius 3 is 2.75 bits per heavy atom. The highest BCUT2D eigenvalue weighted by Gasteiger charge is 2.22. The van der Waals surface area contributed by atoms with Crippen molar-refractivity contribution in [2.24, 2.45) is 0 Å². The van der Waals surface area contributed by atoms with Crippen molar-refractivity contribution in [1.82, 2.24) is 15.1 Å². The number of rotatable bonds is 5. The number of hydrogen-bond acceptors (Lipinski definition) is 2. The predicted molar refractivity (Wildman–Crippen MR) is 77.5 cm³/mol. The van der Waals surface area contributed by atoms with Crippen LogP contribution in [0.4, 0.5) is 8.78 Å². The molecule has 2 aromatic rings. The number of halogens is 3. The first-order valence-electron chi connectivity index (χ1n) is 6.42. The highest BCUT2D eigenvalue weighted by molar-refractivity contribution is 9.10. The summed E-state index contributed by atoms with van der Waals surface area (Å²) < 4.78 is 28.9. The minimum Gasteiger partial charge on any atom is -0.308 e. The molecule has 0 aliphatic rings. The second kappa shape index (κ2) is 6.45. The van der Waals surface area contributed by atoms with Crippen molar-refractivity contribution < 1.29 is 8.78 Å². The van der Waals surface area contributed by atoms with E-state index in [0.717, 1.165) is 24.7 Å². The lowest BCUT2D eigenvalue weighted by Crippen LogP contribution is -2.22. The van der Waals surface area contributed by atoms with Gasteiger partial charge in [0, 0.05) is 12.7 Å². The van der Waals surface area contributed by atoms with Gasteiger partial charge in [0.05, 0.1) is 16.2 Å². The van der Waals surface area contributed by atoms with Gasteiger partial charge in [-0.05, 0) is 47.1 Å². The minimum absolute atomic E-state index is 0.140. The van der Waals surface area contributed by atoms with Gasteiger partial charge in [-0.2, -0.15) is 5.10 Å². The Labute approximate surface area is 125 Å². The fourth-order valence-corrected chi connectivity index (χ4v) is 2.76. The average molecular weight is 344 g/mol. The second-order valence-electron chi connectivity index (χ2n) is 4.47. The van der Waals surface area contributed by atoms with Crippen LogP contribution in [0.3, 0.4) is 0 Å². The number of hydrogen-bond donors (Lipinski definition) is 1. The molecule has 0 fully saturated rings. The molecule has 0 aliphatic carbocycles. The van der Waals surface area contributed by atoms with E-state index in [1.165, 1.54) is 0 Å². The molecule has 0 saturated carbocycles. The summed E-state index contributed by atoms with van der Waals surface area (Å²) in [7, 11) is 1.78. The SMILES string of the molecule is CCCn1nccc1C(NC)c1ccc(F)c(F)c1Br. The van der Waals surface area contributed by atoms with Crippen LogP contribution in [0.15, 0.2) is 28.9 Å². The molecule has 0 aliphatic heterocycles. The van der Waals surface area contributed by atoms with Crippen molar-refractivity contribution in [2.75, 3.05) is 7.05 Å². The summed E-state index contributed by atoms with van der Waals surface area (Å²) in [5.74, 6) is -1.73. The maximum atomic E-state index is 13.7. The van der Waals surface area contributed by atoms with E-state index in [0.29, 0.717) is 5.56 Å². The second-order valence-corrected chi connectivity index (χ2v) is 5.26. The van der Waals surface area contributed by atoms with Gasteiger partial charge < -0.3 is 5.32 Å². The summed E-state index contributed by atoms with van der Waals surface area (Å²) in [5, 5.41) is 7.39. The van der Waals surface area contributed by atoms with Crippen molar-refractivity contribution in [3.8, 4) is 0 Å². The van der Waals surface area contributed by atoms with Gasteiger partial charge in [0.1, 0.15) is 0 Å². The lowest BCUT2D eigenvalue weighted by atomic mass is 10.0. The van der Waals surface area contributed by atoms with Gasteiger partial charge in [0.15, 0.2) is 11.6 Å². The van der Waals surface area contributed by atoms with Crippen molar-refractivity contribution in [2.45, 2.75) is 25.9 Å². The van der Waals surface area contributed by atoms with Crippen LogP contribution in [0.25, 0.3) is 0 Å². The largest absolute Gasteiger partial charge is 0.308 e. The van der Waals surface area contributed by atoms with E-state index in [4.69, 9.17) is 0 Å². The molecule has 6 heteroatoms. The maximum Gasteiger partial charge on any atom is 0.173 e. The van der Waals surface area contributed by atoms with Crippen molar-refractivity contribution in [1.29, 1.82) is 0 Å². The Balaban J connectivity index is 2.47. The Bertz CT molecular complexity index is 598. The van der Waals surface area contributed by atoms with E-state index in [1.54, 1.807) is 19.3 Å². The zero-order chi connectivity index (χ0) is 14.7. The summed E-state index contributed by atoms with van der Waals surface area (Å²) in [6.07, 6.45) is 2.66. The van der Waals surface area contributed by atoms with Gasteiger partial charge in [-0.3, -0.25) is 4.68 Å². The number of aromatic nitrogens is 2. The van der Waals surface area contributed by atoms with Crippen LogP contribution >= 0.6 is 15.9 Å². The third-order valence-electron chi connectivity index (χ3n) is 3.15. The van der Waals surface area contributed by atoms with Gasteiger partial charge in [-0.1, -0.05) is 13.0 Å². The van der Waals surface area contributed by atoms with Crippen molar-refractivity contribution >= 4 is 15.9 Å². The smallest absolute Gasteiger partial charge is 0.173 e. The highest BCUT2D eigenvalue weighted by atomic mass is 79.9. The summed E-state index contributed by atoms with van der Waals surface area (Å²) in [6, 6.07) is 4.34. The van der Waals surface area contributed by atoms with Gasteiger partial charge in [-0.15, -0.1) is 0 Å². The lowest BCUT2D eigenvalue weighted by Gasteiger charge is -2.20. The van der Waals surface area contributed by atoms with Crippen LogP contribution in [-0.2, 0) is 6.54 Å². The van der Waals surface area contributed by atoms with Crippen LogP contribution in [0, 0.1) is 11.6 Å². The average Bonchev–Trinajstić information content (AvgIpc) is 2.88. The van der Waals surface area contributed by atoms with E-state index in [-0.39, 0.29) is 10.5 Å². The van der Waals surface area contributed by atoms with Crippen molar-refractivity contribution in [3.63, 3.8) is 0 Å². The molecule has 0 bridgehead atoms. The quantitative estimate of drug-likeness (QED) is 0.840. The first-order valence-corrected chi connectivity index (χ1v) is 7.21. The van der Waals surface area contributed by atoms with Crippen LogP contribution in [0.1, 0.15) is 30.6 Å². The van der Waals surface area contributed by atoms with Crippen LogP contribution in [0.5, 0.6) is 0 Å². The molecular formula is C14H16BrF2N3. The van der Waals surface area contributed by atoms with Crippen LogP contribution in [-0.4, -0.2) is 16.8 Å². The number of aryl methyl sites for hydroxylation is 1. The molecule has 0 saturated heterocycles. The fourth-order valence-electron chi connectivity index (χ4n) is 2.21. The van der Waals surface area contributed by atoms with E-state index in [9.17, 15) is 8.78 Å². The van der Waals surface area contributed by atoms with E-state index < -0.39 is 11.6 Å². The Kier molecular flexibility index (Phi) is 4.88. The van der Waals surface area contributed by atoms with Gasteiger partial charge in [-0.25, -0.2) is 8.78 Å². The molecule has 108 valence electrons. The zero-order valence-electron chi connectivity index (χ0n) is 11.3. The molecule has 1 unspecified atom stereocenters.